The number of nitrogens with one attached hydrogen (secondary N) is 2. The molecule has 0 bridgehead atoms. The van der Waals surface area contributed by atoms with Crippen molar-refractivity contribution in [3.63, 3.8) is 0 Å². The molecule has 28 heavy (non-hydrogen) atoms. The first-order valence-electron chi connectivity index (χ1n) is 8.70. The minimum atomic E-state index is -0.825. The first kappa shape index (κ1) is 17.6. The summed E-state index contributed by atoms with van der Waals surface area (Å²) < 4.78 is 16.6. The third kappa shape index (κ3) is 2.67. The monoisotopic (exact) mass is 374 g/mol. The van der Waals surface area contributed by atoms with E-state index in [-0.39, 0.29) is 5.90 Å². The first-order valence-corrected chi connectivity index (χ1v) is 8.70. The molecule has 3 aromatic rings. The molecule has 0 fully saturated rings. The highest BCUT2D eigenvalue weighted by atomic mass is 16.5. The Morgan fingerprint density at radius 1 is 1.11 bits per heavy atom. The topological polar surface area (TPSA) is 104 Å². The minimum Gasteiger partial charge on any atom is -0.493 e. The standard InChI is InChI=1S/C21H18N4O3/c1-26-15-10-6-9-13(19(15)27-2)16-14(11-22)20(23)28-21-17(16)18(24-25-21)12-7-4-3-5-8-12/h3-10,14,16,23H,1-2H3,(H,24,25). The van der Waals surface area contributed by atoms with Crippen molar-refractivity contribution in [2.45, 2.75) is 5.92 Å². The predicted molar refractivity (Wildman–Crippen MR) is 103 cm³/mol. The smallest absolute Gasteiger partial charge is 0.244 e. The summed E-state index contributed by atoms with van der Waals surface area (Å²) in [5.41, 5.74) is 3.12. The fraction of sp³-hybridized carbons (Fsp3) is 0.190. The second-order valence-electron chi connectivity index (χ2n) is 6.32. The number of H-pyrrole nitrogens is 1. The molecule has 140 valence electrons. The van der Waals surface area contributed by atoms with E-state index in [0.29, 0.717) is 17.4 Å². The van der Waals surface area contributed by atoms with Gasteiger partial charge in [0.25, 0.3) is 0 Å². The summed E-state index contributed by atoms with van der Waals surface area (Å²) in [6.07, 6.45) is 0. The van der Waals surface area contributed by atoms with Gasteiger partial charge in [0.15, 0.2) is 11.5 Å². The highest BCUT2D eigenvalue weighted by molar-refractivity contribution is 5.87. The average Bonchev–Trinajstić information content (AvgIpc) is 3.16. The Balaban J connectivity index is 1.99. The van der Waals surface area contributed by atoms with E-state index in [2.05, 4.69) is 16.3 Å². The van der Waals surface area contributed by atoms with E-state index in [1.165, 1.54) is 0 Å². The molecule has 1 aromatic heterocycles. The predicted octanol–water partition coefficient (Wildman–Crippen LogP) is 3.74. The highest BCUT2D eigenvalue weighted by Crippen LogP contribution is 2.49. The summed E-state index contributed by atoms with van der Waals surface area (Å²) in [5, 5.41) is 25.3. The molecule has 0 amide bonds. The molecule has 0 radical (unpaired) electrons. The number of nitriles is 1. The maximum absolute atomic E-state index is 9.83. The van der Waals surface area contributed by atoms with E-state index in [1.54, 1.807) is 20.3 Å². The number of para-hydroxylation sites is 1. The van der Waals surface area contributed by atoms with Gasteiger partial charge in [-0.15, -0.1) is 5.10 Å². The van der Waals surface area contributed by atoms with Crippen LogP contribution >= 0.6 is 0 Å². The fourth-order valence-corrected chi connectivity index (χ4v) is 3.64. The summed E-state index contributed by atoms with van der Waals surface area (Å²) in [5.74, 6) is -0.0906. The van der Waals surface area contributed by atoms with Crippen LogP contribution in [0.3, 0.4) is 0 Å². The molecule has 2 heterocycles. The van der Waals surface area contributed by atoms with E-state index in [0.717, 1.165) is 22.4 Å². The van der Waals surface area contributed by atoms with Crippen LogP contribution < -0.4 is 14.2 Å². The Kier molecular flexibility index (Phi) is 4.45. The second-order valence-corrected chi connectivity index (χ2v) is 6.32. The van der Waals surface area contributed by atoms with Crippen LogP contribution in [0.5, 0.6) is 17.4 Å². The van der Waals surface area contributed by atoms with Gasteiger partial charge in [0.05, 0.1) is 31.5 Å². The summed E-state index contributed by atoms with van der Waals surface area (Å²) >= 11 is 0. The molecule has 7 heteroatoms. The van der Waals surface area contributed by atoms with Crippen LogP contribution in [-0.2, 0) is 0 Å². The zero-order valence-electron chi connectivity index (χ0n) is 15.4. The lowest BCUT2D eigenvalue weighted by molar-refractivity contribution is 0.347. The average molecular weight is 374 g/mol. The summed E-state index contributed by atoms with van der Waals surface area (Å²) in [4.78, 5) is 0. The lowest BCUT2D eigenvalue weighted by Crippen LogP contribution is -2.31. The van der Waals surface area contributed by atoms with Crippen LogP contribution in [0.15, 0.2) is 48.5 Å². The van der Waals surface area contributed by atoms with Crippen LogP contribution in [0.25, 0.3) is 11.3 Å². The first-order chi connectivity index (χ1) is 13.7. The number of rotatable bonds is 4. The number of methoxy groups -OCH3 is 2. The molecule has 2 N–H and O–H groups in total. The number of aromatic nitrogens is 2. The van der Waals surface area contributed by atoms with E-state index >= 15 is 0 Å². The lowest BCUT2D eigenvalue weighted by atomic mass is 9.78. The Bertz CT molecular complexity index is 1070. The number of nitrogens with zero attached hydrogens (tertiary/aromatic N) is 2. The van der Waals surface area contributed by atoms with E-state index in [4.69, 9.17) is 19.6 Å². The van der Waals surface area contributed by atoms with Crippen molar-refractivity contribution < 1.29 is 14.2 Å². The highest BCUT2D eigenvalue weighted by Gasteiger charge is 2.42. The van der Waals surface area contributed by atoms with Crippen molar-refractivity contribution in [1.29, 1.82) is 10.7 Å². The quantitative estimate of drug-likeness (QED) is 0.724. The van der Waals surface area contributed by atoms with Crippen LogP contribution in [0.2, 0.25) is 0 Å². The van der Waals surface area contributed by atoms with Gasteiger partial charge in [-0.25, -0.2) is 0 Å². The number of ether oxygens (including phenoxy) is 3. The molecule has 0 spiro atoms. The van der Waals surface area contributed by atoms with Gasteiger partial charge in [0, 0.05) is 11.5 Å². The van der Waals surface area contributed by atoms with Crippen LogP contribution in [0.1, 0.15) is 17.0 Å². The molecule has 4 rings (SSSR count). The van der Waals surface area contributed by atoms with Gasteiger partial charge in [-0.1, -0.05) is 42.5 Å². The maximum Gasteiger partial charge on any atom is 0.244 e. The van der Waals surface area contributed by atoms with Crippen molar-refractivity contribution in [1.82, 2.24) is 10.2 Å². The van der Waals surface area contributed by atoms with Gasteiger partial charge < -0.3 is 14.2 Å². The fourth-order valence-electron chi connectivity index (χ4n) is 3.64. The van der Waals surface area contributed by atoms with Gasteiger partial charge in [-0.05, 0) is 11.6 Å². The van der Waals surface area contributed by atoms with E-state index in [1.807, 2.05) is 42.5 Å². The van der Waals surface area contributed by atoms with Crippen LogP contribution in [0.4, 0.5) is 0 Å². The second kappa shape index (κ2) is 7.08. The van der Waals surface area contributed by atoms with Crippen molar-refractivity contribution in [2.24, 2.45) is 5.92 Å². The van der Waals surface area contributed by atoms with Crippen LogP contribution in [-0.4, -0.2) is 30.3 Å². The minimum absolute atomic E-state index is 0.143. The summed E-state index contributed by atoms with van der Waals surface area (Å²) in [7, 11) is 3.12. The van der Waals surface area contributed by atoms with Crippen molar-refractivity contribution >= 4 is 5.90 Å². The van der Waals surface area contributed by atoms with E-state index in [9.17, 15) is 5.26 Å². The summed E-state index contributed by atoms with van der Waals surface area (Å²) in [6, 6.07) is 17.4. The number of fused-ring (bicyclic) bond motifs is 1. The number of hydrogen-bond donors (Lipinski definition) is 2. The lowest BCUT2D eigenvalue weighted by Gasteiger charge is -2.29. The van der Waals surface area contributed by atoms with Crippen LogP contribution in [0, 0.1) is 22.7 Å². The van der Waals surface area contributed by atoms with Gasteiger partial charge in [0.1, 0.15) is 5.92 Å². The molecule has 2 unspecified atom stereocenters. The molecule has 1 aliphatic rings. The third-order valence-electron chi connectivity index (χ3n) is 4.87. The maximum atomic E-state index is 9.83. The molecule has 1 aliphatic heterocycles. The molecule has 2 aromatic carbocycles. The largest absolute Gasteiger partial charge is 0.493 e. The summed E-state index contributed by atoms with van der Waals surface area (Å²) in [6.45, 7) is 0. The molecular weight excluding hydrogens is 356 g/mol. The molecule has 0 aliphatic carbocycles. The molecule has 2 atom stereocenters. The van der Waals surface area contributed by atoms with Crippen molar-refractivity contribution in [2.75, 3.05) is 14.2 Å². The van der Waals surface area contributed by atoms with Gasteiger partial charge in [-0.2, -0.15) is 5.26 Å². The molecule has 0 saturated carbocycles. The number of aromatic amines is 1. The molecule has 0 saturated heterocycles. The Labute approximate surface area is 162 Å². The third-order valence-corrected chi connectivity index (χ3v) is 4.87. The normalized spacial score (nSPS) is 18.0. The zero-order chi connectivity index (χ0) is 19.7. The molecular formula is C21H18N4O3. The Morgan fingerprint density at radius 3 is 2.57 bits per heavy atom. The Morgan fingerprint density at radius 2 is 1.89 bits per heavy atom. The van der Waals surface area contributed by atoms with Crippen molar-refractivity contribution in [3.8, 4) is 34.7 Å². The van der Waals surface area contributed by atoms with Crippen molar-refractivity contribution in [3.05, 3.63) is 59.7 Å². The number of benzene rings is 2. The SMILES string of the molecule is COc1cccc(C2c3c(n[nH]c3-c3ccccc3)OC(=N)C2C#N)c1OC. The Hall–Kier alpha value is -3.79. The molecule has 7 nitrogen and oxygen atoms in total. The van der Waals surface area contributed by atoms with Gasteiger partial charge in [0.2, 0.25) is 11.8 Å². The number of hydrogen-bond acceptors (Lipinski definition) is 6. The van der Waals surface area contributed by atoms with E-state index < -0.39 is 11.8 Å². The van der Waals surface area contributed by atoms with Gasteiger partial charge in [-0.3, -0.25) is 10.5 Å². The zero-order valence-corrected chi connectivity index (χ0v) is 15.4. The van der Waals surface area contributed by atoms with Gasteiger partial charge >= 0.3 is 0 Å².